The molecule has 1 aromatic carbocycles. The summed E-state index contributed by atoms with van der Waals surface area (Å²) in [5.74, 6) is -1.58. The van der Waals surface area contributed by atoms with Crippen LogP contribution in [0.15, 0.2) is 84.0 Å². The Hall–Kier alpha value is -4.94. The van der Waals surface area contributed by atoms with Crippen LogP contribution >= 0.6 is 0 Å². The highest BCUT2D eigenvalue weighted by molar-refractivity contribution is 5.89. The molecule has 0 spiro atoms. The number of carbonyl (C=O) groups excluding carboxylic acids is 1. The zero-order valence-corrected chi connectivity index (χ0v) is 19.0. The topological polar surface area (TPSA) is 128 Å². The largest absolute Gasteiger partial charge is 0.490 e. The molecule has 0 aliphatic carbocycles. The van der Waals surface area contributed by atoms with Crippen LogP contribution in [0.25, 0.3) is 22.0 Å². The number of halogens is 3. The molecule has 37 heavy (non-hydrogen) atoms. The number of alkyl halides is 3. The van der Waals surface area contributed by atoms with Crippen molar-refractivity contribution in [3.63, 3.8) is 0 Å². The highest BCUT2D eigenvalue weighted by atomic mass is 19.4. The fraction of sp³-hybridized carbons (Fsp3) is 0.125. The van der Waals surface area contributed by atoms with Gasteiger partial charge in [-0.15, -0.1) is 0 Å². The van der Waals surface area contributed by atoms with Crippen LogP contribution < -0.4 is 5.32 Å². The molecule has 0 bridgehead atoms. The van der Waals surface area contributed by atoms with Gasteiger partial charge in [-0.3, -0.25) is 14.5 Å². The van der Waals surface area contributed by atoms with Crippen molar-refractivity contribution in [1.29, 1.82) is 0 Å². The molecule has 0 aliphatic heterocycles. The molecule has 10 nitrogen and oxygen atoms in total. The van der Waals surface area contributed by atoms with Crippen LogP contribution in [0.5, 0.6) is 0 Å². The first-order chi connectivity index (χ1) is 17.7. The zero-order chi connectivity index (χ0) is 26.4. The number of anilines is 1. The SMILES string of the molecule is O=C(Cn1cc(-c2ccc3ncccc3c2)cn1)Nc1ccnn1Cc1ccco1.O=C(O)C(F)(F)F. The van der Waals surface area contributed by atoms with Gasteiger partial charge in [-0.25, -0.2) is 9.48 Å². The molecule has 0 fully saturated rings. The van der Waals surface area contributed by atoms with Gasteiger partial charge in [-0.1, -0.05) is 12.1 Å². The lowest BCUT2D eigenvalue weighted by atomic mass is 10.1. The van der Waals surface area contributed by atoms with E-state index in [1.54, 1.807) is 40.3 Å². The highest BCUT2D eigenvalue weighted by Gasteiger charge is 2.38. The van der Waals surface area contributed by atoms with Gasteiger partial charge in [0.05, 0.1) is 24.2 Å². The van der Waals surface area contributed by atoms with Crippen molar-refractivity contribution in [2.75, 3.05) is 5.32 Å². The van der Waals surface area contributed by atoms with Gasteiger partial charge in [-0.2, -0.15) is 23.4 Å². The molecule has 0 radical (unpaired) electrons. The van der Waals surface area contributed by atoms with E-state index in [-0.39, 0.29) is 12.5 Å². The molecule has 4 heterocycles. The van der Waals surface area contributed by atoms with E-state index < -0.39 is 12.1 Å². The van der Waals surface area contributed by atoms with Crippen LogP contribution in [-0.2, 0) is 22.7 Å². The van der Waals surface area contributed by atoms with Gasteiger partial charge in [0.1, 0.15) is 24.7 Å². The molecule has 0 atom stereocenters. The fourth-order valence-electron chi connectivity index (χ4n) is 3.30. The lowest BCUT2D eigenvalue weighted by Gasteiger charge is -2.08. The van der Waals surface area contributed by atoms with Gasteiger partial charge in [0.2, 0.25) is 5.91 Å². The van der Waals surface area contributed by atoms with Crippen molar-refractivity contribution in [3.8, 4) is 11.1 Å². The Bertz CT molecular complexity index is 1510. The third-order valence-corrected chi connectivity index (χ3v) is 4.99. The predicted octanol–water partition coefficient (Wildman–Crippen LogP) is 4.21. The van der Waals surface area contributed by atoms with Crippen molar-refractivity contribution in [3.05, 3.63) is 85.3 Å². The molecule has 2 N–H and O–H groups in total. The smallest absolute Gasteiger partial charge is 0.475 e. The van der Waals surface area contributed by atoms with Crippen LogP contribution in [-0.4, -0.2) is 47.7 Å². The Kier molecular flexibility index (Phi) is 7.32. The fourth-order valence-corrected chi connectivity index (χ4v) is 3.30. The van der Waals surface area contributed by atoms with Crippen LogP contribution in [0.4, 0.5) is 19.0 Å². The van der Waals surface area contributed by atoms with Crippen LogP contribution in [0.2, 0.25) is 0 Å². The van der Waals surface area contributed by atoms with Gasteiger partial charge >= 0.3 is 12.1 Å². The van der Waals surface area contributed by atoms with Crippen molar-refractivity contribution in [2.24, 2.45) is 0 Å². The van der Waals surface area contributed by atoms with Gasteiger partial charge in [-0.05, 0) is 35.9 Å². The highest BCUT2D eigenvalue weighted by Crippen LogP contribution is 2.23. The third-order valence-electron chi connectivity index (χ3n) is 4.99. The summed E-state index contributed by atoms with van der Waals surface area (Å²) in [5.41, 5.74) is 2.91. The van der Waals surface area contributed by atoms with E-state index in [1.165, 1.54) is 0 Å². The molecule has 4 aromatic heterocycles. The minimum absolute atomic E-state index is 0.0983. The predicted molar refractivity (Wildman–Crippen MR) is 125 cm³/mol. The Morgan fingerprint density at radius 1 is 1.03 bits per heavy atom. The number of nitrogens with zero attached hydrogens (tertiary/aromatic N) is 5. The van der Waals surface area contributed by atoms with E-state index >= 15 is 0 Å². The lowest BCUT2D eigenvalue weighted by molar-refractivity contribution is -0.192. The number of fused-ring (bicyclic) bond motifs is 1. The van der Waals surface area contributed by atoms with E-state index in [0.29, 0.717) is 12.4 Å². The summed E-state index contributed by atoms with van der Waals surface area (Å²) in [6, 6.07) is 15.4. The summed E-state index contributed by atoms with van der Waals surface area (Å²) in [5, 5.41) is 19.6. The minimum atomic E-state index is -5.08. The number of aromatic nitrogens is 5. The van der Waals surface area contributed by atoms with E-state index in [4.69, 9.17) is 14.3 Å². The summed E-state index contributed by atoms with van der Waals surface area (Å²) >= 11 is 0. The number of hydrogen-bond donors (Lipinski definition) is 2. The number of amides is 1. The molecule has 0 aliphatic rings. The molecule has 13 heteroatoms. The van der Waals surface area contributed by atoms with Crippen molar-refractivity contribution in [1.82, 2.24) is 24.5 Å². The molecule has 5 aromatic rings. The summed E-state index contributed by atoms with van der Waals surface area (Å²) < 4.78 is 40.4. The number of carboxylic acids is 1. The second-order valence-corrected chi connectivity index (χ2v) is 7.64. The number of aliphatic carboxylic acids is 1. The van der Waals surface area contributed by atoms with Crippen molar-refractivity contribution < 1.29 is 32.3 Å². The summed E-state index contributed by atoms with van der Waals surface area (Å²) in [6.45, 7) is 0.541. The first-order valence-electron chi connectivity index (χ1n) is 10.7. The number of hydrogen-bond acceptors (Lipinski definition) is 6. The molecule has 0 saturated carbocycles. The van der Waals surface area contributed by atoms with Gasteiger partial charge in [0.25, 0.3) is 0 Å². The summed E-state index contributed by atoms with van der Waals surface area (Å²) in [6.07, 6.45) is 3.56. The number of carboxylic acid groups (broad SMARTS) is 1. The maximum absolute atomic E-state index is 12.5. The van der Waals surface area contributed by atoms with E-state index in [2.05, 4.69) is 26.6 Å². The molecule has 0 saturated heterocycles. The normalized spacial score (nSPS) is 11.1. The van der Waals surface area contributed by atoms with E-state index in [1.807, 2.05) is 42.6 Å². The maximum atomic E-state index is 12.5. The monoisotopic (exact) mass is 512 g/mol. The molecule has 0 unspecified atom stereocenters. The standard InChI is InChI=1S/C22H18N6O2.C2HF3O2/c29-22(26-21-7-9-24-28(21)14-19-4-2-10-30-19)15-27-13-18(12-25-27)16-5-6-20-17(11-16)3-1-8-23-20;3-2(4,5)1(6)7/h1-13H,14-15H2,(H,26,29);(H,6,7). The molecular formula is C24H19F3N6O4. The number of rotatable bonds is 6. The Balaban J connectivity index is 0.000000405. The number of nitrogens with one attached hydrogen (secondary N) is 1. The quantitative estimate of drug-likeness (QED) is 0.349. The molecular weight excluding hydrogens is 493 g/mol. The third kappa shape index (κ3) is 6.60. The second kappa shape index (κ2) is 10.8. The van der Waals surface area contributed by atoms with Crippen LogP contribution in [0.1, 0.15) is 5.76 Å². The van der Waals surface area contributed by atoms with Gasteiger partial charge in [0.15, 0.2) is 0 Å². The van der Waals surface area contributed by atoms with Crippen LogP contribution in [0.3, 0.4) is 0 Å². The number of benzene rings is 1. The van der Waals surface area contributed by atoms with Gasteiger partial charge < -0.3 is 14.8 Å². The Morgan fingerprint density at radius 3 is 2.57 bits per heavy atom. The first-order valence-corrected chi connectivity index (χ1v) is 10.7. The summed E-state index contributed by atoms with van der Waals surface area (Å²) in [4.78, 5) is 25.7. The lowest BCUT2D eigenvalue weighted by Crippen LogP contribution is -2.21. The zero-order valence-electron chi connectivity index (χ0n) is 19.0. The maximum Gasteiger partial charge on any atom is 0.490 e. The van der Waals surface area contributed by atoms with E-state index in [9.17, 15) is 18.0 Å². The summed E-state index contributed by atoms with van der Waals surface area (Å²) in [7, 11) is 0. The van der Waals surface area contributed by atoms with Crippen LogP contribution in [0, 0.1) is 0 Å². The second-order valence-electron chi connectivity index (χ2n) is 7.64. The van der Waals surface area contributed by atoms with Gasteiger partial charge in [0, 0.05) is 29.4 Å². The minimum Gasteiger partial charge on any atom is -0.475 e. The molecule has 1 amide bonds. The number of furan rings is 1. The Labute approximate surface area is 207 Å². The van der Waals surface area contributed by atoms with E-state index in [0.717, 1.165) is 27.8 Å². The average Bonchev–Trinajstić information content (AvgIpc) is 3.63. The van der Waals surface area contributed by atoms with Crippen molar-refractivity contribution in [2.45, 2.75) is 19.3 Å². The molecule has 190 valence electrons. The number of pyridine rings is 1. The Morgan fingerprint density at radius 2 is 1.84 bits per heavy atom. The molecule has 5 rings (SSSR count). The first kappa shape index (κ1) is 25.2. The number of carbonyl (C=O) groups is 2. The van der Waals surface area contributed by atoms with Crippen molar-refractivity contribution >= 4 is 28.6 Å². The average molecular weight is 512 g/mol.